The number of hydrogen-bond donors (Lipinski definition) is 1. The van der Waals surface area contributed by atoms with E-state index in [1.165, 1.54) is 10.7 Å². The van der Waals surface area contributed by atoms with E-state index in [1.807, 2.05) is 32.1 Å². The van der Waals surface area contributed by atoms with Gasteiger partial charge in [0, 0.05) is 18.6 Å². The summed E-state index contributed by atoms with van der Waals surface area (Å²) in [5, 5.41) is 4.12. The highest BCUT2D eigenvalue weighted by Crippen LogP contribution is 2.33. The van der Waals surface area contributed by atoms with Crippen LogP contribution in [0.2, 0.25) is 0 Å². The Morgan fingerprint density at radius 1 is 1.26 bits per heavy atom. The number of aryl methyl sites for hydroxylation is 1. The number of hydrogen-bond acceptors (Lipinski definition) is 3. The summed E-state index contributed by atoms with van der Waals surface area (Å²) in [5.41, 5.74) is 2.44. The number of benzene rings is 2. The van der Waals surface area contributed by atoms with Gasteiger partial charge in [0.05, 0.1) is 16.3 Å². The number of aliphatic imine (C=N–C) groups is 1. The Kier molecular flexibility index (Phi) is 6.80. The molecule has 1 unspecified atom stereocenters. The molecule has 0 spiro atoms. The zero-order chi connectivity index (χ0) is 22.6. The van der Waals surface area contributed by atoms with Gasteiger partial charge in [-0.1, -0.05) is 37.3 Å². The largest absolute Gasteiger partial charge is 0.288 e. The molecular formula is C23H24F2N4OS. The van der Waals surface area contributed by atoms with E-state index >= 15 is 0 Å². The first-order valence-electron chi connectivity index (χ1n) is 9.77. The van der Waals surface area contributed by atoms with Crippen LogP contribution in [0.5, 0.6) is 0 Å². The van der Waals surface area contributed by atoms with Crippen molar-refractivity contribution in [3.63, 3.8) is 0 Å². The van der Waals surface area contributed by atoms with E-state index in [0.29, 0.717) is 21.8 Å². The number of rotatable bonds is 8. The molecular weight excluding hydrogens is 418 g/mol. The molecule has 0 aliphatic rings. The van der Waals surface area contributed by atoms with Gasteiger partial charge in [0.1, 0.15) is 11.5 Å². The molecule has 1 atom stereocenters. The average molecular weight is 443 g/mol. The fourth-order valence-corrected chi connectivity index (χ4v) is 3.89. The summed E-state index contributed by atoms with van der Waals surface area (Å²) in [5.74, 6) is -2.98. The summed E-state index contributed by atoms with van der Waals surface area (Å²) in [4.78, 5) is 4.55. The summed E-state index contributed by atoms with van der Waals surface area (Å²) in [6.45, 7) is 8.23. The van der Waals surface area contributed by atoms with Gasteiger partial charge in [-0.2, -0.15) is 13.9 Å². The molecule has 31 heavy (non-hydrogen) atoms. The van der Waals surface area contributed by atoms with Crippen LogP contribution in [0.4, 0.5) is 20.3 Å². The van der Waals surface area contributed by atoms with Gasteiger partial charge in [-0.25, -0.2) is 8.89 Å². The van der Waals surface area contributed by atoms with Crippen molar-refractivity contribution in [1.29, 1.82) is 0 Å². The zero-order valence-corrected chi connectivity index (χ0v) is 18.4. The molecule has 0 amide bonds. The smallest absolute Gasteiger partial charge is 0.285 e. The standard InChI is InChI=1S/C23H24F2N4OS/c1-5-8-18-19(26-4)9-7-10-20(18)29-22(15-21(27-29)23(3,24)25)28-31(30)17-13-11-16(6-2)12-14-17/h5,7-15,28H,4,6H2,1-3H3/b8-5-. The molecule has 3 aromatic rings. The maximum absolute atomic E-state index is 14.1. The Morgan fingerprint density at radius 3 is 2.55 bits per heavy atom. The Labute approximate surface area is 183 Å². The van der Waals surface area contributed by atoms with E-state index in [4.69, 9.17) is 0 Å². The predicted octanol–water partition coefficient (Wildman–Crippen LogP) is 6.05. The van der Waals surface area contributed by atoms with Gasteiger partial charge in [0.25, 0.3) is 5.92 Å². The molecule has 0 radical (unpaired) electrons. The van der Waals surface area contributed by atoms with Crippen LogP contribution in [0.3, 0.4) is 0 Å². The number of halogens is 2. The summed E-state index contributed by atoms with van der Waals surface area (Å²) in [6, 6.07) is 13.7. The lowest BCUT2D eigenvalue weighted by atomic mass is 10.1. The van der Waals surface area contributed by atoms with Crippen molar-refractivity contribution < 1.29 is 13.0 Å². The van der Waals surface area contributed by atoms with Gasteiger partial charge in [-0.05, 0) is 49.9 Å². The van der Waals surface area contributed by atoms with Crippen molar-refractivity contribution in [3.8, 4) is 5.69 Å². The van der Waals surface area contributed by atoms with Crippen molar-refractivity contribution in [3.05, 3.63) is 71.4 Å². The second kappa shape index (κ2) is 9.34. The summed E-state index contributed by atoms with van der Waals surface area (Å²) in [7, 11) is -1.67. The first kappa shape index (κ1) is 22.6. The highest BCUT2D eigenvalue weighted by Gasteiger charge is 2.30. The minimum atomic E-state index is -3.17. The number of allylic oxidation sites excluding steroid dienone is 1. The van der Waals surface area contributed by atoms with Crippen molar-refractivity contribution in [2.75, 3.05) is 4.72 Å². The highest BCUT2D eigenvalue weighted by atomic mass is 32.2. The van der Waals surface area contributed by atoms with Gasteiger partial charge in [0.2, 0.25) is 0 Å². The predicted molar refractivity (Wildman–Crippen MR) is 123 cm³/mol. The molecule has 0 aliphatic heterocycles. The van der Waals surface area contributed by atoms with Crippen LogP contribution in [0.15, 0.2) is 64.5 Å². The summed E-state index contributed by atoms with van der Waals surface area (Å²) in [6.07, 6.45) is 4.48. The van der Waals surface area contributed by atoms with E-state index in [9.17, 15) is 13.0 Å². The summed E-state index contributed by atoms with van der Waals surface area (Å²) >= 11 is 0. The monoisotopic (exact) mass is 442 g/mol. The Balaban J connectivity index is 2.10. The molecule has 0 saturated heterocycles. The molecule has 0 fully saturated rings. The second-order valence-electron chi connectivity index (χ2n) is 6.95. The maximum atomic E-state index is 14.1. The third kappa shape index (κ3) is 4.96. The lowest BCUT2D eigenvalue weighted by Gasteiger charge is -2.13. The lowest BCUT2D eigenvalue weighted by Crippen LogP contribution is -2.11. The van der Waals surface area contributed by atoms with Crippen molar-refractivity contribution in [2.45, 2.75) is 38.0 Å². The SMILES string of the molecule is C=Nc1cccc(-n2nc(C(C)(F)F)cc2NS(=O)c2ccc(CC)cc2)c1/C=C\C. The number of nitrogens with one attached hydrogen (secondary N) is 1. The first-order valence-corrected chi connectivity index (χ1v) is 10.9. The maximum Gasteiger partial charge on any atom is 0.288 e. The zero-order valence-electron chi connectivity index (χ0n) is 17.6. The van der Waals surface area contributed by atoms with E-state index < -0.39 is 22.6 Å². The molecule has 162 valence electrons. The normalized spacial score (nSPS) is 12.8. The average Bonchev–Trinajstić information content (AvgIpc) is 3.18. The third-order valence-corrected chi connectivity index (χ3v) is 5.79. The van der Waals surface area contributed by atoms with Crippen LogP contribution >= 0.6 is 0 Å². The van der Waals surface area contributed by atoms with Crippen LogP contribution in [-0.4, -0.2) is 20.7 Å². The van der Waals surface area contributed by atoms with Gasteiger partial charge < -0.3 is 0 Å². The third-order valence-electron chi connectivity index (χ3n) is 4.69. The molecule has 8 heteroatoms. The molecule has 1 aromatic heterocycles. The molecule has 3 rings (SSSR count). The van der Waals surface area contributed by atoms with Crippen LogP contribution < -0.4 is 4.72 Å². The Bertz CT molecular complexity index is 1130. The fraction of sp³-hybridized carbons (Fsp3) is 0.217. The van der Waals surface area contributed by atoms with Crippen molar-refractivity contribution >= 4 is 35.3 Å². The molecule has 2 aromatic carbocycles. The van der Waals surface area contributed by atoms with Crippen molar-refractivity contribution in [1.82, 2.24) is 9.78 Å². The Hall–Kier alpha value is -3.13. The van der Waals surface area contributed by atoms with E-state index in [0.717, 1.165) is 18.9 Å². The van der Waals surface area contributed by atoms with E-state index in [-0.39, 0.29) is 5.82 Å². The number of anilines is 1. The van der Waals surface area contributed by atoms with E-state index in [1.54, 1.807) is 36.4 Å². The number of aromatic nitrogens is 2. The molecule has 5 nitrogen and oxygen atoms in total. The van der Waals surface area contributed by atoms with Crippen LogP contribution in [-0.2, 0) is 23.3 Å². The lowest BCUT2D eigenvalue weighted by molar-refractivity contribution is 0.0124. The number of alkyl halides is 2. The fourth-order valence-electron chi connectivity index (χ4n) is 3.06. The summed E-state index contributed by atoms with van der Waals surface area (Å²) < 4.78 is 45.2. The minimum Gasteiger partial charge on any atom is -0.285 e. The van der Waals surface area contributed by atoms with Crippen LogP contribution in [0.25, 0.3) is 11.8 Å². The Morgan fingerprint density at radius 2 is 1.97 bits per heavy atom. The molecule has 1 N–H and O–H groups in total. The van der Waals surface area contributed by atoms with Crippen LogP contribution in [0.1, 0.15) is 37.6 Å². The van der Waals surface area contributed by atoms with Gasteiger partial charge >= 0.3 is 0 Å². The van der Waals surface area contributed by atoms with Crippen LogP contribution in [0, 0.1) is 0 Å². The minimum absolute atomic E-state index is 0.182. The molecule has 0 bridgehead atoms. The van der Waals surface area contributed by atoms with Gasteiger partial charge in [-0.15, -0.1) is 0 Å². The second-order valence-corrected chi connectivity index (χ2v) is 8.16. The highest BCUT2D eigenvalue weighted by molar-refractivity contribution is 7.86. The van der Waals surface area contributed by atoms with Gasteiger partial charge in [0.15, 0.2) is 11.0 Å². The molecule has 1 heterocycles. The quantitative estimate of drug-likeness (QED) is 0.432. The van der Waals surface area contributed by atoms with Gasteiger partial charge in [-0.3, -0.25) is 9.71 Å². The molecule has 0 saturated carbocycles. The first-order chi connectivity index (χ1) is 14.8. The van der Waals surface area contributed by atoms with E-state index in [2.05, 4.69) is 21.5 Å². The topological polar surface area (TPSA) is 59.3 Å². The van der Waals surface area contributed by atoms with Crippen molar-refractivity contribution in [2.24, 2.45) is 4.99 Å². The number of nitrogens with zero attached hydrogens (tertiary/aromatic N) is 3. The molecule has 0 aliphatic carbocycles.